The van der Waals surface area contributed by atoms with Crippen molar-refractivity contribution in [3.8, 4) is 5.75 Å². The summed E-state index contributed by atoms with van der Waals surface area (Å²) in [5.74, 6) is 1.71. The van der Waals surface area contributed by atoms with Gasteiger partial charge >= 0.3 is 0 Å². The predicted molar refractivity (Wildman–Crippen MR) is 82.5 cm³/mol. The Morgan fingerprint density at radius 2 is 2.05 bits per heavy atom. The van der Waals surface area contributed by atoms with E-state index in [1.54, 1.807) is 19.5 Å². The summed E-state index contributed by atoms with van der Waals surface area (Å²) in [6.07, 6.45) is 5.89. The minimum absolute atomic E-state index is 0.765. The van der Waals surface area contributed by atoms with Crippen molar-refractivity contribution >= 4 is 16.7 Å². The van der Waals surface area contributed by atoms with Gasteiger partial charge in [-0.2, -0.15) is 0 Å². The summed E-state index contributed by atoms with van der Waals surface area (Å²) in [5.41, 5.74) is 2.14. The Kier molecular flexibility index (Phi) is 3.91. The highest BCUT2D eigenvalue weighted by Crippen LogP contribution is 2.27. The van der Waals surface area contributed by atoms with Crippen LogP contribution in [0.5, 0.6) is 5.75 Å². The number of methoxy groups -OCH3 is 1. The van der Waals surface area contributed by atoms with Gasteiger partial charge in [0.2, 0.25) is 0 Å². The van der Waals surface area contributed by atoms with E-state index in [9.17, 15) is 0 Å². The van der Waals surface area contributed by atoms with Crippen LogP contribution in [0.15, 0.2) is 49.1 Å². The SMILES string of the molecule is COc1ccc2ncccc2c1CCNc1ccncn1. The minimum Gasteiger partial charge on any atom is -0.496 e. The van der Waals surface area contributed by atoms with E-state index in [0.717, 1.165) is 41.0 Å². The highest BCUT2D eigenvalue weighted by molar-refractivity contribution is 5.84. The molecule has 3 aromatic rings. The Morgan fingerprint density at radius 1 is 1.10 bits per heavy atom. The molecule has 0 radical (unpaired) electrons. The molecule has 106 valence electrons. The van der Waals surface area contributed by atoms with Crippen LogP contribution in [0.2, 0.25) is 0 Å². The van der Waals surface area contributed by atoms with Gasteiger partial charge in [-0.05, 0) is 30.7 Å². The van der Waals surface area contributed by atoms with Gasteiger partial charge < -0.3 is 10.1 Å². The average Bonchev–Trinajstić information content (AvgIpc) is 2.56. The molecule has 0 bridgehead atoms. The summed E-state index contributed by atoms with van der Waals surface area (Å²) in [5, 5.41) is 4.41. The van der Waals surface area contributed by atoms with Crippen LogP contribution in [0.4, 0.5) is 5.82 Å². The van der Waals surface area contributed by atoms with Crippen LogP contribution in [-0.2, 0) is 6.42 Å². The minimum atomic E-state index is 0.765. The molecule has 1 aromatic carbocycles. The molecule has 0 fully saturated rings. The maximum absolute atomic E-state index is 5.48. The zero-order valence-corrected chi connectivity index (χ0v) is 11.8. The number of anilines is 1. The molecule has 3 rings (SSSR count). The maximum Gasteiger partial charge on any atom is 0.129 e. The van der Waals surface area contributed by atoms with Crippen LogP contribution in [-0.4, -0.2) is 28.6 Å². The fourth-order valence-corrected chi connectivity index (χ4v) is 2.35. The summed E-state index contributed by atoms with van der Waals surface area (Å²) < 4.78 is 5.48. The number of fused-ring (bicyclic) bond motifs is 1. The van der Waals surface area contributed by atoms with E-state index >= 15 is 0 Å². The first-order valence-electron chi connectivity index (χ1n) is 6.79. The lowest BCUT2D eigenvalue weighted by Gasteiger charge is -2.12. The molecule has 2 aromatic heterocycles. The van der Waals surface area contributed by atoms with E-state index in [2.05, 4.69) is 26.3 Å². The number of nitrogens with one attached hydrogen (secondary N) is 1. The lowest BCUT2D eigenvalue weighted by molar-refractivity contribution is 0.411. The summed E-state index contributed by atoms with van der Waals surface area (Å²) in [7, 11) is 1.69. The highest BCUT2D eigenvalue weighted by Gasteiger charge is 2.08. The molecule has 0 aliphatic rings. The fraction of sp³-hybridized carbons (Fsp3) is 0.188. The van der Waals surface area contributed by atoms with Gasteiger partial charge in [-0.25, -0.2) is 9.97 Å². The number of hydrogen-bond acceptors (Lipinski definition) is 5. The second kappa shape index (κ2) is 6.17. The van der Waals surface area contributed by atoms with E-state index in [-0.39, 0.29) is 0 Å². The molecule has 5 heteroatoms. The second-order valence-corrected chi connectivity index (χ2v) is 4.59. The van der Waals surface area contributed by atoms with Gasteiger partial charge in [0.25, 0.3) is 0 Å². The van der Waals surface area contributed by atoms with Crippen LogP contribution in [0.25, 0.3) is 10.9 Å². The van der Waals surface area contributed by atoms with Crippen molar-refractivity contribution < 1.29 is 4.74 Å². The van der Waals surface area contributed by atoms with Crippen LogP contribution in [0, 0.1) is 0 Å². The summed E-state index contributed by atoms with van der Waals surface area (Å²) in [6, 6.07) is 9.82. The molecule has 0 aliphatic heterocycles. The first-order chi connectivity index (χ1) is 10.4. The molecule has 2 heterocycles. The van der Waals surface area contributed by atoms with E-state index in [0.29, 0.717) is 0 Å². The van der Waals surface area contributed by atoms with Crippen molar-refractivity contribution in [2.24, 2.45) is 0 Å². The van der Waals surface area contributed by atoms with E-state index in [1.165, 1.54) is 6.33 Å². The largest absolute Gasteiger partial charge is 0.496 e. The molecule has 0 unspecified atom stereocenters. The quantitative estimate of drug-likeness (QED) is 0.778. The normalized spacial score (nSPS) is 10.5. The molecule has 0 spiro atoms. The number of aromatic nitrogens is 3. The van der Waals surface area contributed by atoms with E-state index < -0.39 is 0 Å². The Hall–Kier alpha value is -2.69. The van der Waals surface area contributed by atoms with Gasteiger partial charge in [0.05, 0.1) is 12.6 Å². The number of rotatable bonds is 5. The molecule has 0 amide bonds. The van der Waals surface area contributed by atoms with Crippen LogP contribution < -0.4 is 10.1 Å². The van der Waals surface area contributed by atoms with Gasteiger partial charge in [0.15, 0.2) is 0 Å². The molecule has 5 nitrogen and oxygen atoms in total. The smallest absolute Gasteiger partial charge is 0.129 e. The highest BCUT2D eigenvalue weighted by atomic mass is 16.5. The zero-order valence-electron chi connectivity index (χ0n) is 11.8. The van der Waals surface area contributed by atoms with Gasteiger partial charge in [-0.15, -0.1) is 0 Å². The second-order valence-electron chi connectivity index (χ2n) is 4.59. The molecule has 0 aliphatic carbocycles. The third kappa shape index (κ3) is 2.91. The third-order valence-corrected chi connectivity index (χ3v) is 3.34. The molecular weight excluding hydrogens is 264 g/mol. The van der Waals surface area contributed by atoms with Gasteiger partial charge in [0, 0.05) is 29.9 Å². The summed E-state index contributed by atoms with van der Waals surface area (Å²) >= 11 is 0. The number of benzene rings is 1. The van der Waals surface area contributed by atoms with E-state index in [1.807, 2.05) is 24.3 Å². The first-order valence-corrected chi connectivity index (χ1v) is 6.79. The van der Waals surface area contributed by atoms with Crippen LogP contribution in [0.3, 0.4) is 0 Å². The molecule has 0 saturated heterocycles. The molecular formula is C16H16N4O. The van der Waals surface area contributed by atoms with Gasteiger partial charge in [-0.3, -0.25) is 4.98 Å². The Balaban J connectivity index is 1.82. The van der Waals surface area contributed by atoms with Crippen LogP contribution >= 0.6 is 0 Å². The van der Waals surface area contributed by atoms with Crippen molar-refractivity contribution in [3.63, 3.8) is 0 Å². The van der Waals surface area contributed by atoms with Crippen molar-refractivity contribution in [1.29, 1.82) is 0 Å². The molecule has 1 N–H and O–H groups in total. The maximum atomic E-state index is 5.48. The predicted octanol–water partition coefficient (Wildman–Crippen LogP) is 2.69. The molecule has 0 saturated carbocycles. The lowest BCUT2D eigenvalue weighted by Crippen LogP contribution is -2.07. The fourth-order valence-electron chi connectivity index (χ4n) is 2.35. The lowest BCUT2D eigenvalue weighted by atomic mass is 10.0. The zero-order chi connectivity index (χ0) is 14.5. The molecule has 0 atom stereocenters. The number of pyridine rings is 1. The van der Waals surface area contributed by atoms with Crippen molar-refractivity contribution in [3.05, 3.63) is 54.6 Å². The van der Waals surface area contributed by atoms with Crippen molar-refractivity contribution in [2.75, 3.05) is 19.0 Å². The monoisotopic (exact) mass is 280 g/mol. The summed E-state index contributed by atoms with van der Waals surface area (Å²) in [4.78, 5) is 12.4. The van der Waals surface area contributed by atoms with Gasteiger partial charge in [0.1, 0.15) is 17.9 Å². The van der Waals surface area contributed by atoms with Gasteiger partial charge in [-0.1, -0.05) is 6.07 Å². The Bertz CT molecular complexity index is 731. The topological polar surface area (TPSA) is 59.9 Å². The third-order valence-electron chi connectivity index (χ3n) is 3.34. The average molecular weight is 280 g/mol. The number of hydrogen-bond donors (Lipinski definition) is 1. The van der Waals surface area contributed by atoms with Crippen LogP contribution in [0.1, 0.15) is 5.56 Å². The first kappa shape index (κ1) is 13.3. The van der Waals surface area contributed by atoms with Crippen molar-refractivity contribution in [1.82, 2.24) is 15.0 Å². The molecule has 21 heavy (non-hydrogen) atoms. The standard InChI is InChI=1S/C16H16N4O/c1-21-15-5-4-14-12(3-2-8-18-14)13(15)6-10-19-16-7-9-17-11-20-16/h2-5,7-9,11H,6,10H2,1H3,(H,17,19,20). The number of ether oxygens (including phenoxy) is 1. The Morgan fingerprint density at radius 3 is 2.86 bits per heavy atom. The summed E-state index contributed by atoms with van der Waals surface area (Å²) in [6.45, 7) is 0.765. The Labute approximate surface area is 123 Å². The number of nitrogens with zero attached hydrogens (tertiary/aromatic N) is 3. The van der Waals surface area contributed by atoms with E-state index in [4.69, 9.17) is 4.74 Å². The van der Waals surface area contributed by atoms with Crippen molar-refractivity contribution in [2.45, 2.75) is 6.42 Å².